The Morgan fingerprint density at radius 3 is 2.55 bits per heavy atom. The fraction of sp³-hybridized carbons (Fsp3) is 0.389. The molecule has 20 heavy (non-hydrogen) atoms. The van der Waals surface area contributed by atoms with E-state index in [1.807, 2.05) is 33.9 Å². The van der Waals surface area contributed by atoms with Crippen LogP contribution in [0.15, 0.2) is 35.4 Å². The molecular formula is C18H24NS+. The Bertz CT molecular complexity index is 809. The van der Waals surface area contributed by atoms with E-state index in [4.69, 9.17) is 8.22 Å². The second-order valence-electron chi connectivity index (χ2n) is 5.24. The van der Waals surface area contributed by atoms with Gasteiger partial charge in [0.15, 0.2) is 6.20 Å². The molecule has 0 aliphatic carbocycles. The largest absolute Gasteiger partial charge is 0.213 e. The highest BCUT2D eigenvalue weighted by Crippen LogP contribution is 2.30. The van der Waals surface area contributed by atoms with Crippen LogP contribution in [0.25, 0.3) is 11.3 Å². The van der Waals surface area contributed by atoms with Gasteiger partial charge in [0.05, 0.1) is 0 Å². The van der Waals surface area contributed by atoms with E-state index in [9.17, 15) is 0 Å². The number of benzene rings is 1. The van der Waals surface area contributed by atoms with Crippen LogP contribution < -0.4 is 4.57 Å². The van der Waals surface area contributed by atoms with Gasteiger partial charge in [-0.2, -0.15) is 0 Å². The van der Waals surface area contributed by atoms with Crippen molar-refractivity contribution in [2.75, 3.05) is 0 Å². The van der Waals surface area contributed by atoms with Gasteiger partial charge in [-0.25, -0.2) is 4.57 Å². The Morgan fingerprint density at radius 2 is 1.95 bits per heavy atom. The van der Waals surface area contributed by atoms with Crippen molar-refractivity contribution in [1.82, 2.24) is 0 Å². The van der Waals surface area contributed by atoms with E-state index in [1.165, 1.54) is 11.8 Å². The third-order valence-corrected chi connectivity index (χ3v) is 4.16. The van der Waals surface area contributed by atoms with Crippen LogP contribution in [0.1, 0.15) is 38.8 Å². The van der Waals surface area contributed by atoms with Gasteiger partial charge in [0.25, 0.3) is 0 Å². The van der Waals surface area contributed by atoms with Gasteiger partial charge < -0.3 is 0 Å². The van der Waals surface area contributed by atoms with E-state index < -0.39 is 13.7 Å². The predicted molar refractivity (Wildman–Crippen MR) is 88.3 cm³/mol. The van der Waals surface area contributed by atoms with Crippen molar-refractivity contribution in [2.45, 2.75) is 44.6 Å². The smallest absolute Gasteiger partial charge is 0.201 e. The number of hydrogen-bond donors (Lipinski definition) is 0. The molecular weight excluding hydrogens is 262 g/mol. The molecule has 1 aromatic carbocycles. The maximum atomic E-state index is 7.81. The maximum absolute atomic E-state index is 7.81. The highest BCUT2D eigenvalue weighted by Gasteiger charge is 2.16. The lowest BCUT2D eigenvalue weighted by Crippen LogP contribution is -2.31. The first kappa shape index (κ1) is 8.89. The first-order valence-corrected chi connectivity index (χ1v) is 7.51. The molecule has 1 aromatic heterocycles. The fourth-order valence-corrected chi connectivity index (χ4v) is 3.07. The molecule has 0 bridgehead atoms. The molecule has 0 atom stereocenters. The SMILES string of the molecule is [2H]C([2H])([2H])c1ccc(-c2cc(SC(C)C)c(C([2H])([2H])[2H])c[n+]2C)c(C)c1. The molecule has 0 aliphatic rings. The number of nitrogens with zero attached hydrogens (tertiary/aromatic N) is 1. The normalized spacial score (nSPS) is 16.9. The Hall–Kier alpha value is -1.28. The van der Waals surface area contributed by atoms with Crippen LogP contribution in [0.5, 0.6) is 0 Å². The van der Waals surface area contributed by atoms with Crippen LogP contribution in [0, 0.1) is 20.6 Å². The van der Waals surface area contributed by atoms with Crippen molar-refractivity contribution in [2.24, 2.45) is 7.05 Å². The summed E-state index contributed by atoms with van der Waals surface area (Å²) < 4.78 is 47.9. The zero-order chi connectivity index (χ0) is 19.9. The van der Waals surface area contributed by atoms with Crippen LogP contribution in [0.3, 0.4) is 0 Å². The van der Waals surface area contributed by atoms with E-state index in [0.29, 0.717) is 11.1 Å². The molecule has 1 nitrogen and oxygen atoms in total. The molecule has 1 heterocycles. The van der Waals surface area contributed by atoms with Crippen molar-refractivity contribution in [3.05, 3.63) is 47.2 Å². The van der Waals surface area contributed by atoms with E-state index in [2.05, 4.69) is 0 Å². The van der Waals surface area contributed by atoms with E-state index >= 15 is 0 Å². The molecule has 0 amide bonds. The van der Waals surface area contributed by atoms with Gasteiger partial charge >= 0.3 is 0 Å². The number of aryl methyl sites for hydroxylation is 4. The van der Waals surface area contributed by atoms with Crippen LogP contribution >= 0.6 is 11.8 Å². The molecule has 0 radical (unpaired) electrons. The van der Waals surface area contributed by atoms with Gasteiger partial charge in [-0.3, -0.25) is 0 Å². The van der Waals surface area contributed by atoms with Crippen molar-refractivity contribution >= 4 is 11.8 Å². The lowest BCUT2D eigenvalue weighted by atomic mass is 10.0. The number of hydrogen-bond acceptors (Lipinski definition) is 1. The number of thioether (sulfide) groups is 1. The van der Waals surface area contributed by atoms with Gasteiger partial charge in [-0.05, 0) is 32.3 Å². The van der Waals surface area contributed by atoms with Crippen molar-refractivity contribution in [1.29, 1.82) is 0 Å². The molecule has 0 N–H and O–H groups in total. The van der Waals surface area contributed by atoms with Crippen molar-refractivity contribution in [3.8, 4) is 11.3 Å². The first-order chi connectivity index (χ1) is 11.8. The molecule has 0 saturated heterocycles. The molecule has 0 spiro atoms. The molecule has 2 rings (SSSR count). The van der Waals surface area contributed by atoms with Crippen LogP contribution in [-0.2, 0) is 7.05 Å². The molecule has 2 aromatic rings. The number of rotatable bonds is 3. The Balaban J connectivity index is 2.64. The van der Waals surface area contributed by atoms with Gasteiger partial charge in [0.1, 0.15) is 7.05 Å². The summed E-state index contributed by atoms with van der Waals surface area (Å²) in [5.74, 6) is 0. The number of pyridine rings is 1. The van der Waals surface area contributed by atoms with E-state index in [-0.39, 0.29) is 5.25 Å². The van der Waals surface area contributed by atoms with Crippen molar-refractivity contribution in [3.63, 3.8) is 0 Å². The highest BCUT2D eigenvalue weighted by atomic mass is 32.2. The fourth-order valence-electron chi connectivity index (χ4n) is 2.20. The molecule has 0 unspecified atom stereocenters. The van der Waals surface area contributed by atoms with Crippen LogP contribution in [-0.4, -0.2) is 5.25 Å². The Labute approximate surface area is 135 Å². The summed E-state index contributed by atoms with van der Waals surface area (Å²) in [6.07, 6.45) is 1.66. The zero-order valence-corrected chi connectivity index (χ0v) is 13.1. The average molecular weight is 293 g/mol. The standard InChI is InChI=1S/C18H24NS/c1-12(2)20-18-10-17(19(6)11-15(18)5)16-8-7-13(3)9-14(16)4/h7-12H,1-6H3/q+1/i3D3,5D3. The summed E-state index contributed by atoms with van der Waals surface area (Å²) in [5.41, 5.74) is 3.23. The Morgan fingerprint density at radius 1 is 1.15 bits per heavy atom. The molecule has 2 heteroatoms. The topological polar surface area (TPSA) is 3.88 Å². The van der Waals surface area contributed by atoms with Gasteiger partial charge in [-0.1, -0.05) is 31.5 Å². The van der Waals surface area contributed by atoms with Crippen molar-refractivity contribution < 1.29 is 12.8 Å². The zero-order valence-electron chi connectivity index (χ0n) is 18.3. The summed E-state index contributed by atoms with van der Waals surface area (Å²) in [6, 6.07) is 6.98. The summed E-state index contributed by atoms with van der Waals surface area (Å²) in [7, 11) is 1.81. The third-order valence-electron chi connectivity index (χ3n) is 3.10. The summed E-state index contributed by atoms with van der Waals surface area (Å²) in [5, 5.41) is 0.246. The van der Waals surface area contributed by atoms with E-state index in [1.54, 1.807) is 29.0 Å². The van der Waals surface area contributed by atoms with Gasteiger partial charge in [-0.15, -0.1) is 11.8 Å². The molecule has 0 aliphatic heterocycles. The predicted octanol–water partition coefficient (Wildman–Crippen LogP) is 4.60. The van der Waals surface area contributed by atoms with E-state index in [0.717, 1.165) is 21.7 Å². The maximum Gasteiger partial charge on any atom is 0.213 e. The average Bonchev–Trinajstić information content (AvgIpc) is 2.46. The second-order valence-corrected chi connectivity index (χ2v) is 6.86. The van der Waals surface area contributed by atoms with Gasteiger partial charge in [0, 0.05) is 35.6 Å². The number of aromatic nitrogens is 1. The minimum absolute atomic E-state index is 0.246. The molecule has 106 valence electrons. The van der Waals surface area contributed by atoms with Crippen LogP contribution in [0.4, 0.5) is 0 Å². The van der Waals surface area contributed by atoms with Gasteiger partial charge in [0.2, 0.25) is 5.69 Å². The molecule has 0 saturated carbocycles. The summed E-state index contributed by atoms with van der Waals surface area (Å²) in [6.45, 7) is 1.59. The highest BCUT2D eigenvalue weighted by molar-refractivity contribution is 8.00. The minimum atomic E-state index is -2.19. The second kappa shape index (κ2) is 6.01. The summed E-state index contributed by atoms with van der Waals surface area (Å²) in [4.78, 5) is 0.729. The first-order valence-electron chi connectivity index (χ1n) is 9.63. The minimum Gasteiger partial charge on any atom is -0.201 e. The third kappa shape index (κ3) is 3.24. The molecule has 0 fully saturated rings. The summed E-state index contributed by atoms with van der Waals surface area (Å²) >= 11 is 1.52. The quantitative estimate of drug-likeness (QED) is 0.590. The lowest BCUT2D eigenvalue weighted by molar-refractivity contribution is -0.661. The van der Waals surface area contributed by atoms with Crippen LogP contribution in [0.2, 0.25) is 0 Å². The lowest BCUT2D eigenvalue weighted by Gasteiger charge is -2.11. The monoisotopic (exact) mass is 292 g/mol. The Kier molecular flexibility index (Phi) is 2.67.